The van der Waals surface area contributed by atoms with Crippen molar-refractivity contribution in [1.82, 2.24) is 0 Å². The summed E-state index contributed by atoms with van der Waals surface area (Å²) in [6, 6.07) is 3.44. The van der Waals surface area contributed by atoms with Crippen LogP contribution in [0.5, 0.6) is 0 Å². The highest BCUT2D eigenvalue weighted by molar-refractivity contribution is 7.91. The second kappa shape index (κ2) is 6.46. The van der Waals surface area contributed by atoms with Gasteiger partial charge in [0.15, 0.2) is 9.84 Å². The Labute approximate surface area is 120 Å². The number of hydrogen-bond donors (Lipinski definition) is 0. The number of rotatable bonds is 5. The number of ether oxygens (including phenoxy) is 1. The SMILES string of the molecule is CCOC(=O)C(C)CS(=O)(=O)c1cccc(C(F)(F)F)c1. The van der Waals surface area contributed by atoms with Gasteiger partial charge in [0, 0.05) is 0 Å². The number of carbonyl (C=O) groups excluding carboxylic acids is 1. The summed E-state index contributed by atoms with van der Waals surface area (Å²) in [5.74, 6) is -2.26. The molecule has 118 valence electrons. The maximum atomic E-state index is 12.6. The van der Waals surface area contributed by atoms with Gasteiger partial charge < -0.3 is 4.74 Å². The van der Waals surface area contributed by atoms with E-state index in [1.54, 1.807) is 6.92 Å². The fraction of sp³-hybridized carbons (Fsp3) is 0.462. The molecule has 0 aliphatic carbocycles. The molecule has 1 atom stereocenters. The van der Waals surface area contributed by atoms with Gasteiger partial charge in [0.05, 0.1) is 28.7 Å². The minimum atomic E-state index is -4.63. The lowest BCUT2D eigenvalue weighted by Crippen LogP contribution is -2.23. The number of carbonyl (C=O) groups is 1. The first-order chi connectivity index (χ1) is 9.58. The molecule has 1 unspecified atom stereocenters. The smallest absolute Gasteiger partial charge is 0.416 e. The van der Waals surface area contributed by atoms with Gasteiger partial charge in [0.1, 0.15) is 0 Å². The lowest BCUT2D eigenvalue weighted by Gasteiger charge is -2.12. The van der Waals surface area contributed by atoms with Crippen LogP contribution in [0.1, 0.15) is 19.4 Å². The molecule has 0 heterocycles. The van der Waals surface area contributed by atoms with E-state index in [0.29, 0.717) is 6.07 Å². The Kier molecular flexibility index (Phi) is 5.38. The van der Waals surface area contributed by atoms with Gasteiger partial charge in [0.25, 0.3) is 0 Å². The van der Waals surface area contributed by atoms with Crippen LogP contribution < -0.4 is 0 Å². The molecule has 8 heteroatoms. The maximum Gasteiger partial charge on any atom is 0.416 e. The van der Waals surface area contributed by atoms with Crippen molar-refractivity contribution in [3.8, 4) is 0 Å². The molecule has 21 heavy (non-hydrogen) atoms. The summed E-state index contributed by atoms with van der Waals surface area (Å²) in [7, 11) is -4.01. The van der Waals surface area contributed by atoms with Crippen LogP contribution in [0.15, 0.2) is 29.2 Å². The molecule has 0 aliphatic rings. The summed E-state index contributed by atoms with van der Waals surface area (Å²) < 4.78 is 66.5. The van der Waals surface area contributed by atoms with Crippen molar-refractivity contribution in [2.45, 2.75) is 24.9 Å². The standard InChI is InChI=1S/C13H15F3O4S/c1-3-20-12(17)9(2)8-21(18,19)11-6-4-5-10(7-11)13(14,15)16/h4-7,9H,3,8H2,1-2H3. The van der Waals surface area contributed by atoms with E-state index in [9.17, 15) is 26.4 Å². The van der Waals surface area contributed by atoms with Gasteiger partial charge in [-0.2, -0.15) is 13.2 Å². The zero-order chi connectivity index (χ0) is 16.3. The molecule has 0 saturated heterocycles. The molecule has 0 bridgehead atoms. The zero-order valence-electron chi connectivity index (χ0n) is 11.5. The summed E-state index contributed by atoms with van der Waals surface area (Å²) in [6.45, 7) is 3.03. The molecule has 0 amide bonds. The molecule has 0 fully saturated rings. The zero-order valence-corrected chi connectivity index (χ0v) is 12.3. The second-order valence-electron chi connectivity index (χ2n) is 4.46. The minimum Gasteiger partial charge on any atom is -0.466 e. The van der Waals surface area contributed by atoms with Crippen LogP contribution in [0, 0.1) is 5.92 Å². The predicted molar refractivity (Wildman–Crippen MR) is 69.3 cm³/mol. The van der Waals surface area contributed by atoms with E-state index in [-0.39, 0.29) is 6.61 Å². The Morgan fingerprint density at radius 2 is 1.95 bits per heavy atom. The number of alkyl halides is 3. The van der Waals surface area contributed by atoms with E-state index >= 15 is 0 Å². The molecule has 0 N–H and O–H groups in total. The molecule has 0 aliphatic heterocycles. The van der Waals surface area contributed by atoms with Crippen LogP contribution in [-0.4, -0.2) is 26.7 Å². The Bertz CT molecular complexity index is 608. The first-order valence-electron chi connectivity index (χ1n) is 6.14. The van der Waals surface area contributed by atoms with Crippen molar-refractivity contribution in [2.75, 3.05) is 12.4 Å². The molecule has 0 saturated carbocycles. The number of esters is 1. The van der Waals surface area contributed by atoms with Crippen LogP contribution in [0.4, 0.5) is 13.2 Å². The third-order valence-corrected chi connectivity index (χ3v) is 4.59. The Morgan fingerprint density at radius 1 is 1.33 bits per heavy atom. The van der Waals surface area contributed by atoms with Gasteiger partial charge in [-0.15, -0.1) is 0 Å². The molecular weight excluding hydrogens is 309 g/mol. The van der Waals surface area contributed by atoms with Gasteiger partial charge in [-0.05, 0) is 25.1 Å². The minimum absolute atomic E-state index is 0.104. The average Bonchev–Trinajstić information content (AvgIpc) is 2.37. The molecule has 1 aromatic carbocycles. The molecule has 0 aromatic heterocycles. The third kappa shape index (κ3) is 4.73. The maximum absolute atomic E-state index is 12.6. The molecular formula is C13H15F3O4S. The van der Waals surface area contributed by atoms with Crippen LogP contribution in [0.2, 0.25) is 0 Å². The van der Waals surface area contributed by atoms with Crippen LogP contribution in [-0.2, 0) is 25.5 Å². The first-order valence-corrected chi connectivity index (χ1v) is 7.80. The van der Waals surface area contributed by atoms with Crippen molar-refractivity contribution < 1.29 is 31.1 Å². The largest absolute Gasteiger partial charge is 0.466 e. The van der Waals surface area contributed by atoms with E-state index in [1.165, 1.54) is 6.92 Å². The lowest BCUT2D eigenvalue weighted by molar-refractivity contribution is -0.146. The molecule has 0 radical (unpaired) electrons. The Morgan fingerprint density at radius 3 is 2.48 bits per heavy atom. The van der Waals surface area contributed by atoms with Crippen molar-refractivity contribution >= 4 is 15.8 Å². The van der Waals surface area contributed by atoms with E-state index < -0.39 is 44.1 Å². The average molecular weight is 324 g/mol. The predicted octanol–water partition coefficient (Wildman–Crippen LogP) is 2.68. The van der Waals surface area contributed by atoms with E-state index in [0.717, 1.165) is 18.2 Å². The van der Waals surface area contributed by atoms with Gasteiger partial charge in [-0.3, -0.25) is 4.79 Å². The number of halogens is 3. The molecule has 1 aromatic rings. The number of sulfone groups is 1. The second-order valence-corrected chi connectivity index (χ2v) is 6.49. The fourth-order valence-corrected chi connectivity index (χ4v) is 3.22. The first kappa shape index (κ1) is 17.5. The van der Waals surface area contributed by atoms with E-state index in [2.05, 4.69) is 4.74 Å². The summed E-state index contributed by atoms with van der Waals surface area (Å²) in [6.07, 6.45) is -4.63. The van der Waals surface area contributed by atoms with E-state index in [1.807, 2.05) is 0 Å². The lowest BCUT2D eigenvalue weighted by atomic mass is 10.2. The molecule has 4 nitrogen and oxygen atoms in total. The molecule has 0 spiro atoms. The summed E-state index contributed by atoms with van der Waals surface area (Å²) in [4.78, 5) is 10.9. The molecule has 1 rings (SSSR count). The van der Waals surface area contributed by atoms with Gasteiger partial charge in [-0.25, -0.2) is 8.42 Å². The van der Waals surface area contributed by atoms with Gasteiger partial charge in [-0.1, -0.05) is 13.0 Å². The highest BCUT2D eigenvalue weighted by Gasteiger charge is 2.32. The monoisotopic (exact) mass is 324 g/mol. The third-order valence-electron chi connectivity index (χ3n) is 2.68. The Hall–Kier alpha value is -1.57. The number of hydrogen-bond acceptors (Lipinski definition) is 4. The van der Waals surface area contributed by atoms with Crippen molar-refractivity contribution in [2.24, 2.45) is 5.92 Å². The number of benzene rings is 1. The van der Waals surface area contributed by atoms with Crippen molar-refractivity contribution in [1.29, 1.82) is 0 Å². The van der Waals surface area contributed by atoms with Gasteiger partial charge >= 0.3 is 12.1 Å². The Balaban J connectivity index is 3.01. The quantitative estimate of drug-likeness (QED) is 0.781. The van der Waals surface area contributed by atoms with E-state index in [4.69, 9.17) is 0 Å². The fourth-order valence-electron chi connectivity index (χ4n) is 1.64. The summed E-state index contributed by atoms with van der Waals surface area (Å²) >= 11 is 0. The van der Waals surface area contributed by atoms with Crippen LogP contribution in [0.3, 0.4) is 0 Å². The normalized spacial score (nSPS) is 13.8. The van der Waals surface area contributed by atoms with Crippen molar-refractivity contribution in [3.05, 3.63) is 29.8 Å². The summed E-state index contributed by atoms with van der Waals surface area (Å²) in [5.41, 5.74) is -1.05. The topological polar surface area (TPSA) is 60.4 Å². The van der Waals surface area contributed by atoms with Crippen LogP contribution in [0.25, 0.3) is 0 Å². The highest BCUT2D eigenvalue weighted by Crippen LogP contribution is 2.30. The summed E-state index contributed by atoms with van der Waals surface area (Å²) in [5, 5.41) is 0. The van der Waals surface area contributed by atoms with Gasteiger partial charge in [0.2, 0.25) is 0 Å². The van der Waals surface area contributed by atoms with Crippen molar-refractivity contribution in [3.63, 3.8) is 0 Å². The highest BCUT2D eigenvalue weighted by atomic mass is 32.2. The van der Waals surface area contributed by atoms with Crippen LogP contribution >= 0.6 is 0 Å².